The standard InChI is InChI=1S/C24H23NO4/c1-28-24(27)20-13-17-8-2-3-9-18(17)14-22(20)29-15-23(26)25-21-12-6-10-16-7-4-5-11-19(16)21/h2-5,7-9,11,13-14,21H,6,10,12,15H2,1H3,(H,25,26). The van der Waals surface area contributed by atoms with Gasteiger partial charge >= 0.3 is 5.97 Å². The summed E-state index contributed by atoms with van der Waals surface area (Å²) < 4.78 is 10.6. The Morgan fingerprint density at radius 2 is 1.76 bits per heavy atom. The van der Waals surface area contributed by atoms with E-state index in [1.807, 2.05) is 36.4 Å². The molecular weight excluding hydrogens is 366 g/mol. The van der Waals surface area contributed by atoms with Crippen LogP contribution in [-0.4, -0.2) is 25.6 Å². The van der Waals surface area contributed by atoms with E-state index in [-0.39, 0.29) is 18.6 Å². The van der Waals surface area contributed by atoms with Crippen LogP contribution in [0.15, 0.2) is 60.7 Å². The van der Waals surface area contributed by atoms with E-state index in [1.165, 1.54) is 18.2 Å². The largest absolute Gasteiger partial charge is 0.483 e. The van der Waals surface area contributed by atoms with Crippen molar-refractivity contribution in [3.05, 3.63) is 77.4 Å². The average Bonchev–Trinajstić information content (AvgIpc) is 2.76. The molecule has 3 aromatic carbocycles. The number of rotatable bonds is 5. The second-order valence-electron chi connectivity index (χ2n) is 7.19. The van der Waals surface area contributed by atoms with Crippen molar-refractivity contribution in [2.24, 2.45) is 0 Å². The number of esters is 1. The van der Waals surface area contributed by atoms with E-state index in [4.69, 9.17) is 9.47 Å². The highest BCUT2D eigenvalue weighted by Gasteiger charge is 2.22. The molecule has 0 spiro atoms. The zero-order chi connectivity index (χ0) is 20.2. The monoisotopic (exact) mass is 389 g/mol. The number of benzene rings is 3. The van der Waals surface area contributed by atoms with Crippen LogP contribution in [0.2, 0.25) is 0 Å². The highest BCUT2D eigenvalue weighted by molar-refractivity contribution is 5.98. The molecular formula is C24H23NO4. The predicted octanol–water partition coefficient (Wildman–Crippen LogP) is 4.20. The minimum atomic E-state index is -0.493. The van der Waals surface area contributed by atoms with Gasteiger partial charge in [0, 0.05) is 0 Å². The quantitative estimate of drug-likeness (QED) is 0.665. The maximum atomic E-state index is 12.6. The summed E-state index contributed by atoms with van der Waals surface area (Å²) in [6.45, 7) is -0.166. The van der Waals surface area contributed by atoms with Crippen molar-refractivity contribution in [1.82, 2.24) is 5.32 Å². The van der Waals surface area contributed by atoms with Gasteiger partial charge in [0.2, 0.25) is 0 Å². The third-order valence-electron chi connectivity index (χ3n) is 5.32. The van der Waals surface area contributed by atoms with Gasteiger partial charge in [0.25, 0.3) is 5.91 Å². The minimum Gasteiger partial charge on any atom is -0.483 e. The number of nitrogens with one attached hydrogen (secondary N) is 1. The topological polar surface area (TPSA) is 64.6 Å². The van der Waals surface area contributed by atoms with Gasteiger partial charge in [-0.2, -0.15) is 0 Å². The Labute approximate surface area is 169 Å². The van der Waals surface area contributed by atoms with Crippen molar-refractivity contribution in [2.45, 2.75) is 25.3 Å². The SMILES string of the molecule is COC(=O)c1cc2ccccc2cc1OCC(=O)NC1CCCc2ccccc21. The maximum absolute atomic E-state index is 12.6. The highest BCUT2D eigenvalue weighted by Crippen LogP contribution is 2.30. The van der Waals surface area contributed by atoms with Crippen molar-refractivity contribution >= 4 is 22.6 Å². The number of amides is 1. The molecule has 1 atom stereocenters. The molecule has 1 amide bonds. The normalized spacial score (nSPS) is 15.4. The van der Waals surface area contributed by atoms with Crippen molar-refractivity contribution < 1.29 is 19.1 Å². The molecule has 0 radical (unpaired) electrons. The van der Waals surface area contributed by atoms with Crippen LogP contribution in [0.1, 0.15) is 40.4 Å². The number of ether oxygens (including phenoxy) is 2. The average molecular weight is 389 g/mol. The smallest absolute Gasteiger partial charge is 0.341 e. The lowest BCUT2D eigenvalue weighted by atomic mass is 9.88. The molecule has 148 valence electrons. The van der Waals surface area contributed by atoms with Crippen LogP contribution >= 0.6 is 0 Å². The van der Waals surface area contributed by atoms with Crippen molar-refractivity contribution in [2.75, 3.05) is 13.7 Å². The molecule has 0 fully saturated rings. The van der Waals surface area contributed by atoms with E-state index in [1.54, 1.807) is 12.1 Å². The summed E-state index contributed by atoms with van der Waals surface area (Å²) in [6.07, 6.45) is 2.99. The summed E-state index contributed by atoms with van der Waals surface area (Å²) in [5, 5.41) is 4.90. The lowest BCUT2D eigenvalue weighted by molar-refractivity contribution is -0.124. The molecule has 1 aliphatic carbocycles. The summed E-state index contributed by atoms with van der Waals surface area (Å²) in [5.74, 6) is -0.363. The number of hydrogen-bond acceptors (Lipinski definition) is 4. The van der Waals surface area contributed by atoms with Gasteiger partial charge in [0.15, 0.2) is 6.61 Å². The number of carbonyl (C=O) groups is 2. The van der Waals surface area contributed by atoms with Crippen LogP contribution < -0.4 is 10.1 Å². The molecule has 0 aliphatic heterocycles. The van der Waals surface area contributed by atoms with Crippen LogP contribution in [0.3, 0.4) is 0 Å². The highest BCUT2D eigenvalue weighted by atomic mass is 16.5. The first-order valence-corrected chi connectivity index (χ1v) is 9.77. The Balaban J connectivity index is 1.49. The Hall–Kier alpha value is -3.34. The molecule has 0 bridgehead atoms. The van der Waals surface area contributed by atoms with E-state index in [2.05, 4.69) is 17.4 Å². The van der Waals surface area contributed by atoms with Crippen LogP contribution in [0.4, 0.5) is 0 Å². The second kappa shape index (κ2) is 8.35. The van der Waals surface area contributed by atoms with E-state index in [9.17, 15) is 9.59 Å². The molecule has 0 heterocycles. The summed E-state index contributed by atoms with van der Waals surface area (Å²) in [7, 11) is 1.33. The Kier molecular flexibility index (Phi) is 5.47. The Morgan fingerprint density at radius 1 is 1.03 bits per heavy atom. The fourth-order valence-corrected chi connectivity index (χ4v) is 3.89. The van der Waals surface area contributed by atoms with Crippen LogP contribution in [0.25, 0.3) is 10.8 Å². The minimum absolute atomic E-state index is 0.00673. The van der Waals surface area contributed by atoms with E-state index < -0.39 is 5.97 Å². The van der Waals surface area contributed by atoms with Gasteiger partial charge in [-0.05, 0) is 53.3 Å². The molecule has 0 saturated heterocycles. The maximum Gasteiger partial charge on any atom is 0.341 e. The van der Waals surface area contributed by atoms with Crippen LogP contribution in [-0.2, 0) is 16.0 Å². The molecule has 1 unspecified atom stereocenters. The first-order chi connectivity index (χ1) is 14.2. The number of fused-ring (bicyclic) bond motifs is 2. The Bertz CT molecular complexity index is 1060. The summed E-state index contributed by atoms with van der Waals surface area (Å²) in [5.41, 5.74) is 2.77. The van der Waals surface area contributed by atoms with Crippen molar-refractivity contribution in [1.29, 1.82) is 0 Å². The van der Waals surface area contributed by atoms with Crippen LogP contribution in [0, 0.1) is 0 Å². The molecule has 1 aliphatic rings. The number of hydrogen-bond donors (Lipinski definition) is 1. The molecule has 3 aromatic rings. The predicted molar refractivity (Wildman–Crippen MR) is 111 cm³/mol. The summed E-state index contributed by atoms with van der Waals surface area (Å²) in [4.78, 5) is 24.7. The lowest BCUT2D eigenvalue weighted by Crippen LogP contribution is -2.34. The first-order valence-electron chi connectivity index (χ1n) is 9.77. The molecule has 1 N–H and O–H groups in total. The van der Waals surface area contributed by atoms with Gasteiger partial charge in [0.1, 0.15) is 11.3 Å². The summed E-state index contributed by atoms with van der Waals surface area (Å²) >= 11 is 0. The summed E-state index contributed by atoms with van der Waals surface area (Å²) in [6, 6.07) is 19.4. The second-order valence-corrected chi connectivity index (χ2v) is 7.19. The fourth-order valence-electron chi connectivity index (χ4n) is 3.89. The molecule has 4 rings (SSSR count). The molecule has 5 heteroatoms. The van der Waals surface area contributed by atoms with Gasteiger partial charge in [-0.25, -0.2) is 4.79 Å². The Morgan fingerprint density at radius 3 is 2.55 bits per heavy atom. The van der Waals surface area contributed by atoms with E-state index in [0.717, 1.165) is 30.0 Å². The third-order valence-corrected chi connectivity index (χ3v) is 5.32. The van der Waals surface area contributed by atoms with E-state index in [0.29, 0.717) is 11.3 Å². The van der Waals surface area contributed by atoms with E-state index >= 15 is 0 Å². The van der Waals surface area contributed by atoms with Gasteiger partial charge in [-0.15, -0.1) is 0 Å². The van der Waals surface area contributed by atoms with Crippen molar-refractivity contribution in [3.8, 4) is 5.75 Å². The number of methoxy groups -OCH3 is 1. The number of carbonyl (C=O) groups excluding carboxylic acids is 2. The van der Waals surface area contributed by atoms with Gasteiger partial charge in [0.05, 0.1) is 13.2 Å². The van der Waals surface area contributed by atoms with Gasteiger partial charge in [-0.1, -0.05) is 48.5 Å². The lowest BCUT2D eigenvalue weighted by Gasteiger charge is -2.26. The molecule has 29 heavy (non-hydrogen) atoms. The number of aryl methyl sites for hydroxylation is 1. The third kappa shape index (κ3) is 4.09. The van der Waals surface area contributed by atoms with Crippen molar-refractivity contribution in [3.63, 3.8) is 0 Å². The molecule has 5 nitrogen and oxygen atoms in total. The van der Waals surface area contributed by atoms with Crippen LogP contribution in [0.5, 0.6) is 5.75 Å². The first kappa shape index (κ1) is 19.0. The van der Waals surface area contributed by atoms with Gasteiger partial charge in [-0.3, -0.25) is 4.79 Å². The zero-order valence-electron chi connectivity index (χ0n) is 16.3. The molecule has 0 saturated carbocycles. The zero-order valence-corrected chi connectivity index (χ0v) is 16.3. The van der Waals surface area contributed by atoms with Gasteiger partial charge < -0.3 is 14.8 Å². The molecule has 0 aromatic heterocycles. The fraction of sp³-hybridized carbons (Fsp3) is 0.250.